The molecule has 76 valence electrons. The van der Waals surface area contributed by atoms with Gasteiger partial charge in [0.15, 0.2) is 0 Å². The fourth-order valence-corrected chi connectivity index (χ4v) is 2.09. The van der Waals surface area contributed by atoms with Crippen LogP contribution < -0.4 is 5.32 Å². The largest absolute Gasteiger partial charge is 0.382 e. The minimum absolute atomic E-state index is 0.571. The summed E-state index contributed by atoms with van der Waals surface area (Å²) in [6.07, 6.45) is 4.13. The highest BCUT2D eigenvalue weighted by molar-refractivity contribution is 6.30. The van der Waals surface area contributed by atoms with E-state index in [2.05, 4.69) is 18.3 Å². The van der Waals surface area contributed by atoms with Crippen LogP contribution in [0.3, 0.4) is 0 Å². The molecule has 1 aliphatic carbocycles. The Bertz CT molecular complexity index is 307. The van der Waals surface area contributed by atoms with Crippen LogP contribution in [0.25, 0.3) is 0 Å². The molecule has 0 amide bonds. The van der Waals surface area contributed by atoms with Gasteiger partial charge in [-0.05, 0) is 43.9 Å². The summed E-state index contributed by atoms with van der Waals surface area (Å²) >= 11 is 5.92. The van der Waals surface area contributed by atoms with E-state index in [0.29, 0.717) is 6.04 Å². The van der Waals surface area contributed by atoms with Crippen LogP contribution >= 0.6 is 11.6 Å². The van der Waals surface area contributed by atoms with Gasteiger partial charge in [0.1, 0.15) is 0 Å². The van der Waals surface area contributed by atoms with Crippen molar-refractivity contribution in [1.82, 2.24) is 0 Å². The lowest BCUT2D eigenvalue weighted by Gasteiger charge is -2.32. The first kappa shape index (κ1) is 9.85. The number of rotatable bonds is 3. The van der Waals surface area contributed by atoms with Crippen molar-refractivity contribution in [3.05, 3.63) is 29.3 Å². The topological polar surface area (TPSA) is 12.0 Å². The van der Waals surface area contributed by atoms with Crippen LogP contribution in [0.4, 0.5) is 5.69 Å². The first-order valence-electron chi connectivity index (χ1n) is 5.28. The highest BCUT2D eigenvalue weighted by atomic mass is 35.5. The van der Waals surface area contributed by atoms with Crippen LogP contribution in [0.1, 0.15) is 26.2 Å². The smallest absolute Gasteiger partial charge is 0.0426 e. The quantitative estimate of drug-likeness (QED) is 0.795. The number of hydrogen-bond donors (Lipinski definition) is 1. The summed E-state index contributed by atoms with van der Waals surface area (Å²) in [6.45, 7) is 2.25. The van der Waals surface area contributed by atoms with Crippen molar-refractivity contribution in [3.63, 3.8) is 0 Å². The molecule has 1 nitrogen and oxygen atoms in total. The van der Waals surface area contributed by atoms with E-state index in [0.717, 1.165) is 16.6 Å². The molecule has 1 N–H and O–H groups in total. The van der Waals surface area contributed by atoms with E-state index in [4.69, 9.17) is 11.6 Å². The SMILES string of the molecule is CC(Nc1cccc(Cl)c1)C1CCC1. The molecule has 1 aromatic carbocycles. The second kappa shape index (κ2) is 4.22. The molecule has 1 unspecified atom stereocenters. The first-order valence-corrected chi connectivity index (χ1v) is 5.65. The zero-order chi connectivity index (χ0) is 9.97. The van der Waals surface area contributed by atoms with Crippen molar-refractivity contribution in [2.75, 3.05) is 5.32 Å². The molecule has 1 fully saturated rings. The lowest BCUT2D eigenvalue weighted by molar-refractivity contribution is 0.285. The number of benzene rings is 1. The van der Waals surface area contributed by atoms with Crippen LogP contribution in [0.2, 0.25) is 5.02 Å². The standard InChI is InChI=1S/C12H16ClN/c1-9(10-4-2-5-10)14-12-7-3-6-11(13)8-12/h3,6-10,14H,2,4-5H2,1H3. The average Bonchev–Trinajstić information content (AvgIpc) is 1.99. The predicted octanol–water partition coefficient (Wildman–Crippen LogP) is 3.94. The van der Waals surface area contributed by atoms with Gasteiger partial charge >= 0.3 is 0 Å². The van der Waals surface area contributed by atoms with Crippen LogP contribution in [0.15, 0.2) is 24.3 Å². The van der Waals surface area contributed by atoms with Gasteiger partial charge in [0, 0.05) is 16.8 Å². The molecular weight excluding hydrogens is 194 g/mol. The van der Waals surface area contributed by atoms with E-state index in [1.54, 1.807) is 0 Å². The van der Waals surface area contributed by atoms with E-state index in [1.165, 1.54) is 19.3 Å². The summed E-state index contributed by atoms with van der Waals surface area (Å²) in [6, 6.07) is 8.51. The van der Waals surface area contributed by atoms with Gasteiger partial charge in [-0.25, -0.2) is 0 Å². The normalized spacial score (nSPS) is 18.7. The van der Waals surface area contributed by atoms with Gasteiger partial charge in [0.2, 0.25) is 0 Å². The highest BCUT2D eigenvalue weighted by Crippen LogP contribution is 2.31. The van der Waals surface area contributed by atoms with E-state index >= 15 is 0 Å². The van der Waals surface area contributed by atoms with Gasteiger partial charge < -0.3 is 5.32 Å². The predicted molar refractivity (Wildman–Crippen MR) is 61.9 cm³/mol. The molecule has 1 aromatic rings. The van der Waals surface area contributed by atoms with Gasteiger partial charge in [-0.15, -0.1) is 0 Å². The molecule has 0 spiro atoms. The molecule has 1 atom stereocenters. The van der Waals surface area contributed by atoms with Crippen molar-refractivity contribution < 1.29 is 0 Å². The Labute approximate surface area is 90.5 Å². The number of nitrogens with one attached hydrogen (secondary N) is 1. The zero-order valence-corrected chi connectivity index (χ0v) is 9.22. The maximum Gasteiger partial charge on any atom is 0.0426 e. The van der Waals surface area contributed by atoms with Crippen LogP contribution in [-0.2, 0) is 0 Å². The second-order valence-corrected chi connectivity index (χ2v) is 4.57. The average molecular weight is 210 g/mol. The van der Waals surface area contributed by atoms with Crippen molar-refractivity contribution in [2.45, 2.75) is 32.2 Å². The van der Waals surface area contributed by atoms with Gasteiger partial charge in [-0.1, -0.05) is 24.1 Å². The van der Waals surface area contributed by atoms with E-state index in [-0.39, 0.29) is 0 Å². The third kappa shape index (κ3) is 2.21. The maximum atomic E-state index is 5.92. The minimum Gasteiger partial charge on any atom is -0.382 e. The van der Waals surface area contributed by atoms with Gasteiger partial charge in [0.25, 0.3) is 0 Å². The molecular formula is C12H16ClN. The van der Waals surface area contributed by atoms with Gasteiger partial charge in [-0.2, -0.15) is 0 Å². The number of hydrogen-bond acceptors (Lipinski definition) is 1. The Hall–Kier alpha value is -0.690. The van der Waals surface area contributed by atoms with E-state index in [1.807, 2.05) is 18.2 Å². The van der Waals surface area contributed by atoms with Gasteiger partial charge in [-0.3, -0.25) is 0 Å². The molecule has 0 aliphatic heterocycles. The summed E-state index contributed by atoms with van der Waals surface area (Å²) in [5.41, 5.74) is 1.14. The van der Waals surface area contributed by atoms with E-state index < -0.39 is 0 Å². The van der Waals surface area contributed by atoms with Crippen LogP contribution in [0, 0.1) is 5.92 Å². The second-order valence-electron chi connectivity index (χ2n) is 4.13. The molecule has 2 heteroatoms. The fourth-order valence-electron chi connectivity index (χ4n) is 1.90. The fraction of sp³-hybridized carbons (Fsp3) is 0.500. The summed E-state index contributed by atoms with van der Waals surface area (Å²) in [5.74, 6) is 0.856. The lowest BCUT2D eigenvalue weighted by Crippen LogP contribution is -2.30. The Kier molecular flexibility index (Phi) is 2.97. The number of halogens is 1. The Morgan fingerprint density at radius 2 is 2.21 bits per heavy atom. The number of anilines is 1. The summed E-state index contributed by atoms with van der Waals surface area (Å²) in [5, 5.41) is 4.30. The third-order valence-electron chi connectivity index (χ3n) is 3.08. The first-order chi connectivity index (χ1) is 6.75. The van der Waals surface area contributed by atoms with Crippen molar-refractivity contribution in [2.24, 2.45) is 5.92 Å². The summed E-state index contributed by atoms with van der Waals surface area (Å²) < 4.78 is 0. The highest BCUT2D eigenvalue weighted by Gasteiger charge is 2.23. The van der Waals surface area contributed by atoms with Crippen LogP contribution in [0.5, 0.6) is 0 Å². The Balaban J connectivity index is 1.95. The minimum atomic E-state index is 0.571. The maximum absolute atomic E-state index is 5.92. The Morgan fingerprint density at radius 3 is 2.79 bits per heavy atom. The molecule has 2 rings (SSSR count). The molecule has 1 aliphatic rings. The van der Waals surface area contributed by atoms with E-state index in [9.17, 15) is 0 Å². The zero-order valence-electron chi connectivity index (χ0n) is 8.46. The molecule has 1 saturated carbocycles. The lowest BCUT2D eigenvalue weighted by atomic mass is 9.80. The van der Waals surface area contributed by atoms with Crippen LogP contribution in [-0.4, -0.2) is 6.04 Å². The van der Waals surface area contributed by atoms with Gasteiger partial charge in [0.05, 0.1) is 0 Å². The van der Waals surface area contributed by atoms with Crippen molar-refractivity contribution in [3.8, 4) is 0 Å². The molecule has 0 heterocycles. The monoisotopic (exact) mass is 209 g/mol. The Morgan fingerprint density at radius 1 is 1.43 bits per heavy atom. The molecule has 0 bridgehead atoms. The van der Waals surface area contributed by atoms with Crippen molar-refractivity contribution >= 4 is 17.3 Å². The molecule has 14 heavy (non-hydrogen) atoms. The summed E-state index contributed by atoms with van der Waals surface area (Å²) in [4.78, 5) is 0. The van der Waals surface area contributed by atoms with Crippen molar-refractivity contribution in [1.29, 1.82) is 0 Å². The molecule has 0 radical (unpaired) electrons. The molecule has 0 saturated heterocycles. The third-order valence-corrected chi connectivity index (χ3v) is 3.31. The molecule has 0 aromatic heterocycles. The summed E-state index contributed by atoms with van der Waals surface area (Å²) in [7, 11) is 0.